The van der Waals surface area contributed by atoms with Gasteiger partial charge in [-0.1, -0.05) is 147 Å². The van der Waals surface area contributed by atoms with E-state index in [4.69, 9.17) is 0 Å². The normalized spacial score (nSPS) is 13.2. The topological polar surface area (TPSA) is 9.86 Å². The summed E-state index contributed by atoms with van der Waals surface area (Å²) < 4.78 is 4.88. The second-order valence-corrected chi connectivity index (χ2v) is 15.0. The zero-order valence-corrected chi connectivity index (χ0v) is 29.7. The number of para-hydroxylation sites is 2. The number of benzene rings is 8. The maximum Gasteiger partial charge on any atom is 0.0548 e. The Morgan fingerprint density at radius 1 is 0.340 bits per heavy atom. The zero-order chi connectivity index (χ0) is 35.3. The minimum Gasteiger partial charge on any atom is -0.309 e. The van der Waals surface area contributed by atoms with Crippen LogP contribution in [0.4, 0.5) is 0 Å². The first-order valence-corrected chi connectivity index (χ1v) is 18.5. The Morgan fingerprint density at radius 3 is 1.43 bits per heavy atom. The molecular weight excluding hydrogens is 641 g/mol. The van der Waals surface area contributed by atoms with Crippen molar-refractivity contribution in [3.05, 3.63) is 193 Å². The molecule has 10 aromatic rings. The predicted octanol–water partition coefficient (Wildman–Crippen LogP) is 13.5. The molecule has 0 spiro atoms. The summed E-state index contributed by atoms with van der Waals surface area (Å²) in [6.07, 6.45) is 0. The second-order valence-electron chi connectivity index (χ2n) is 15.0. The van der Waals surface area contributed by atoms with Gasteiger partial charge >= 0.3 is 0 Å². The minimum absolute atomic E-state index is 0.0229. The summed E-state index contributed by atoms with van der Waals surface area (Å²) in [5, 5.41) is 5.01. The van der Waals surface area contributed by atoms with E-state index in [1.54, 1.807) is 0 Å². The van der Waals surface area contributed by atoms with E-state index in [0.29, 0.717) is 0 Å². The van der Waals surface area contributed by atoms with Crippen molar-refractivity contribution in [1.29, 1.82) is 0 Å². The van der Waals surface area contributed by atoms with E-state index >= 15 is 0 Å². The summed E-state index contributed by atoms with van der Waals surface area (Å²) in [7, 11) is 0. The number of fused-ring (bicyclic) bond motifs is 9. The molecule has 0 radical (unpaired) electrons. The van der Waals surface area contributed by atoms with E-state index in [1.807, 2.05) is 0 Å². The van der Waals surface area contributed by atoms with Gasteiger partial charge in [-0.15, -0.1) is 0 Å². The highest BCUT2D eigenvalue weighted by molar-refractivity contribution is 6.19. The van der Waals surface area contributed by atoms with Crippen LogP contribution in [0.2, 0.25) is 0 Å². The van der Waals surface area contributed by atoms with Crippen molar-refractivity contribution in [1.82, 2.24) is 9.13 Å². The number of rotatable bonds is 4. The molecule has 1 aliphatic carbocycles. The Hall–Kier alpha value is -6.64. The van der Waals surface area contributed by atoms with Crippen LogP contribution in [-0.2, 0) is 5.41 Å². The number of aromatic nitrogens is 2. The molecule has 1 aliphatic rings. The third kappa shape index (κ3) is 4.33. The predicted molar refractivity (Wildman–Crippen MR) is 224 cm³/mol. The van der Waals surface area contributed by atoms with Crippen molar-refractivity contribution in [2.75, 3.05) is 0 Å². The van der Waals surface area contributed by atoms with Gasteiger partial charge in [0.05, 0.1) is 22.1 Å². The molecule has 2 heteroatoms. The van der Waals surface area contributed by atoms with Crippen molar-refractivity contribution >= 4 is 43.6 Å². The van der Waals surface area contributed by atoms with Crippen LogP contribution in [-0.4, -0.2) is 9.13 Å². The maximum atomic E-state index is 2.45. The summed E-state index contributed by atoms with van der Waals surface area (Å²) in [5.41, 5.74) is 17.6. The van der Waals surface area contributed by atoms with Gasteiger partial charge in [0.15, 0.2) is 0 Å². The Morgan fingerprint density at radius 2 is 0.811 bits per heavy atom. The van der Waals surface area contributed by atoms with E-state index in [9.17, 15) is 0 Å². The fourth-order valence-electron chi connectivity index (χ4n) is 9.21. The lowest BCUT2D eigenvalue weighted by Crippen LogP contribution is -2.14. The smallest absolute Gasteiger partial charge is 0.0548 e. The molecule has 0 unspecified atom stereocenters. The Kier molecular flexibility index (Phi) is 6.33. The van der Waals surface area contributed by atoms with Gasteiger partial charge in [-0.05, 0) is 93.0 Å². The van der Waals surface area contributed by atoms with Crippen molar-refractivity contribution in [3.8, 4) is 44.8 Å². The highest BCUT2D eigenvalue weighted by atomic mass is 15.0. The van der Waals surface area contributed by atoms with Crippen molar-refractivity contribution in [2.24, 2.45) is 0 Å². The van der Waals surface area contributed by atoms with Gasteiger partial charge in [0, 0.05) is 38.3 Å². The molecule has 2 heterocycles. The average molecular weight is 677 g/mol. The first-order valence-electron chi connectivity index (χ1n) is 18.5. The lowest BCUT2D eigenvalue weighted by molar-refractivity contribution is 0.660. The van der Waals surface area contributed by atoms with Crippen LogP contribution < -0.4 is 0 Å². The molecule has 250 valence electrons. The molecule has 2 nitrogen and oxygen atoms in total. The van der Waals surface area contributed by atoms with E-state index < -0.39 is 0 Å². The standard InChI is InChI=1S/C51H36N2/c1-51(2)44-19-9-6-17-41(44)50-38(18-12-20-45(50)51)35-25-29-37(30-26-35)53-47-22-11-8-16-40(47)43-31-48-42(32-49(43)53)39-15-7-10-21-46(39)52(48)36-27-23-34(24-28-36)33-13-4-3-5-14-33/h3-32H,1-2H3. The van der Waals surface area contributed by atoms with Crippen molar-refractivity contribution in [2.45, 2.75) is 19.3 Å². The third-order valence-electron chi connectivity index (χ3n) is 11.7. The summed E-state index contributed by atoms with van der Waals surface area (Å²) in [4.78, 5) is 0. The molecule has 0 amide bonds. The Balaban J connectivity index is 1.09. The largest absolute Gasteiger partial charge is 0.309 e. The molecule has 8 aromatic carbocycles. The van der Waals surface area contributed by atoms with Gasteiger partial charge in [0.25, 0.3) is 0 Å². The minimum atomic E-state index is -0.0229. The average Bonchev–Trinajstić information content (AvgIpc) is 3.80. The van der Waals surface area contributed by atoms with Crippen molar-refractivity contribution in [3.63, 3.8) is 0 Å². The van der Waals surface area contributed by atoms with E-state index in [1.165, 1.54) is 88.1 Å². The highest BCUT2D eigenvalue weighted by Crippen LogP contribution is 2.52. The van der Waals surface area contributed by atoms with Crippen LogP contribution >= 0.6 is 0 Å². The summed E-state index contributed by atoms with van der Waals surface area (Å²) in [6, 6.07) is 67.0. The molecule has 0 bridgehead atoms. The molecule has 11 rings (SSSR count). The molecule has 53 heavy (non-hydrogen) atoms. The number of hydrogen-bond acceptors (Lipinski definition) is 0. The lowest BCUT2D eigenvalue weighted by atomic mass is 9.82. The monoisotopic (exact) mass is 676 g/mol. The van der Waals surface area contributed by atoms with Gasteiger partial charge in [0.1, 0.15) is 0 Å². The van der Waals surface area contributed by atoms with Crippen LogP contribution in [0.3, 0.4) is 0 Å². The number of hydrogen-bond donors (Lipinski definition) is 0. The zero-order valence-electron chi connectivity index (χ0n) is 29.7. The Bertz CT molecular complexity index is 3050. The van der Waals surface area contributed by atoms with Crippen molar-refractivity contribution < 1.29 is 0 Å². The fourth-order valence-corrected chi connectivity index (χ4v) is 9.21. The van der Waals surface area contributed by atoms with Crippen LogP contribution in [0.25, 0.3) is 88.4 Å². The molecule has 2 aromatic heterocycles. The molecule has 0 N–H and O–H groups in total. The van der Waals surface area contributed by atoms with E-state index in [-0.39, 0.29) is 5.41 Å². The summed E-state index contributed by atoms with van der Waals surface area (Å²) in [5.74, 6) is 0. The molecular formula is C51H36N2. The summed E-state index contributed by atoms with van der Waals surface area (Å²) >= 11 is 0. The third-order valence-corrected chi connectivity index (χ3v) is 11.7. The molecule has 0 saturated heterocycles. The van der Waals surface area contributed by atoms with Gasteiger partial charge in [-0.2, -0.15) is 0 Å². The fraction of sp³-hybridized carbons (Fsp3) is 0.0588. The van der Waals surface area contributed by atoms with Crippen LogP contribution in [0.15, 0.2) is 182 Å². The highest BCUT2D eigenvalue weighted by Gasteiger charge is 2.36. The van der Waals surface area contributed by atoms with Gasteiger partial charge < -0.3 is 9.13 Å². The van der Waals surface area contributed by atoms with Crippen LogP contribution in [0.5, 0.6) is 0 Å². The van der Waals surface area contributed by atoms with Crippen LogP contribution in [0, 0.1) is 0 Å². The summed E-state index contributed by atoms with van der Waals surface area (Å²) in [6.45, 7) is 4.70. The molecule has 0 aliphatic heterocycles. The first kappa shape index (κ1) is 30.0. The van der Waals surface area contributed by atoms with E-state index in [2.05, 4.69) is 205 Å². The maximum absolute atomic E-state index is 2.45. The quantitative estimate of drug-likeness (QED) is 0.176. The first-order chi connectivity index (χ1) is 26.1. The van der Waals surface area contributed by atoms with Gasteiger partial charge in [-0.25, -0.2) is 0 Å². The van der Waals surface area contributed by atoms with Gasteiger partial charge in [-0.3, -0.25) is 0 Å². The van der Waals surface area contributed by atoms with Gasteiger partial charge in [0.2, 0.25) is 0 Å². The lowest BCUT2D eigenvalue weighted by Gasteiger charge is -2.21. The Labute approximate surface area is 308 Å². The second kappa shape index (κ2) is 11.2. The molecule has 0 fully saturated rings. The van der Waals surface area contributed by atoms with E-state index in [0.717, 1.165) is 11.4 Å². The molecule has 0 atom stereocenters. The molecule has 0 saturated carbocycles. The SMILES string of the molecule is CC1(C)c2ccccc2-c2c(-c3ccc(-n4c5ccccc5c5cc6c(cc54)c4ccccc4n6-c4ccc(-c5ccccc5)cc4)cc3)cccc21. The van der Waals surface area contributed by atoms with Crippen LogP contribution in [0.1, 0.15) is 25.0 Å². The number of nitrogens with zero attached hydrogens (tertiary/aromatic N) is 2.